The number of guanidine groups is 1. The molecule has 2 rings (SSSR count). The van der Waals surface area contributed by atoms with Crippen LogP contribution in [0.4, 0.5) is 0 Å². The summed E-state index contributed by atoms with van der Waals surface area (Å²) in [5.41, 5.74) is 0.662. The molecule has 4 heteroatoms. The molecule has 0 aromatic heterocycles. The van der Waals surface area contributed by atoms with Crippen molar-refractivity contribution < 1.29 is 0 Å². The molecular formula is C14H28IN3. The maximum absolute atomic E-state index is 4.42. The Morgan fingerprint density at radius 3 is 2.50 bits per heavy atom. The van der Waals surface area contributed by atoms with Crippen molar-refractivity contribution >= 4 is 29.9 Å². The van der Waals surface area contributed by atoms with Gasteiger partial charge in [-0.2, -0.15) is 0 Å². The van der Waals surface area contributed by atoms with E-state index in [0.717, 1.165) is 18.4 Å². The number of rotatable bonds is 3. The minimum atomic E-state index is 0. The first-order chi connectivity index (χ1) is 8.15. The van der Waals surface area contributed by atoms with Gasteiger partial charge in [0, 0.05) is 26.7 Å². The first kappa shape index (κ1) is 16.1. The van der Waals surface area contributed by atoms with Crippen molar-refractivity contribution in [1.29, 1.82) is 0 Å². The maximum atomic E-state index is 4.42. The van der Waals surface area contributed by atoms with Gasteiger partial charge in [0.15, 0.2) is 5.96 Å². The average molecular weight is 365 g/mol. The fraction of sp³-hybridized carbons (Fsp3) is 0.929. The van der Waals surface area contributed by atoms with Crippen LogP contribution in [0.3, 0.4) is 0 Å². The predicted octanol–water partition coefficient (Wildman–Crippen LogP) is 3.10. The molecule has 2 aliphatic rings. The zero-order chi connectivity index (χ0) is 12.3. The van der Waals surface area contributed by atoms with Crippen LogP contribution in [0.15, 0.2) is 4.99 Å². The van der Waals surface area contributed by atoms with Crippen molar-refractivity contribution in [3.63, 3.8) is 0 Å². The van der Waals surface area contributed by atoms with E-state index in [1.165, 1.54) is 45.2 Å². The van der Waals surface area contributed by atoms with E-state index in [-0.39, 0.29) is 24.0 Å². The molecule has 1 saturated heterocycles. The lowest BCUT2D eigenvalue weighted by Gasteiger charge is -2.38. The zero-order valence-electron chi connectivity index (χ0n) is 12.0. The number of nitrogens with one attached hydrogen (secondary N) is 1. The fourth-order valence-electron chi connectivity index (χ4n) is 3.01. The van der Waals surface area contributed by atoms with Crippen LogP contribution < -0.4 is 5.32 Å². The van der Waals surface area contributed by atoms with Crippen LogP contribution in [0.1, 0.15) is 46.0 Å². The molecule has 3 nitrogen and oxygen atoms in total. The lowest BCUT2D eigenvalue weighted by Crippen LogP contribution is -2.43. The Labute approximate surface area is 129 Å². The van der Waals surface area contributed by atoms with Crippen LogP contribution in [0.25, 0.3) is 0 Å². The van der Waals surface area contributed by atoms with Gasteiger partial charge < -0.3 is 10.2 Å². The summed E-state index contributed by atoms with van der Waals surface area (Å²) >= 11 is 0. The van der Waals surface area contributed by atoms with Gasteiger partial charge in [-0.3, -0.25) is 4.99 Å². The molecule has 1 heterocycles. The maximum Gasteiger partial charge on any atom is 0.193 e. The molecule has 0 aromatic rings. The number of halogens is 1. The van der Waals surface area contributed by atoms with Crippen molar-refractivity contribution in [3.05, 3.63) is 0 Å². The number of likely N-dealkylation sites (tertiary alicyclic amines) is 1. The van der Waals surface area contributed by atoms with E-state index in [2.05, 4.69) is 29.1 Å². The van der Waals surface area contributed by atoms with E-state index in [9.17, 15) is 0 Å². The molecule has 0 radical (unpaired) electrons. The average Bonchev–Trinajstić information content (AvgIpc) is 2.68. The van der Waals surface area contributed by atoms with E-state index in [1.54, 1.807) is 0 Å². The monoisotopic (exact) mass is 365 g/mol. The first-order valence-electron chi connectivity index (χ1n) is 7.11. The quantitative estimate of drug-likeness (QED) is 0.473. The highest BCUT2D eigenvalue weighted by molar-refractivity contribution is 14.0. The van der Waals surface area contributed by atoms with E-state index < -0.39 is 0 Å². The molecule has 1 N–H and O–H groups in total. The summed E-state index contributed by atoms with van der Waals surface area (Å²) in [6.45, 7) is 8.01. The van der Waals surface area contributed by atoms with E-state index >= 15 is 0 Å². The Morgan fingerprint density at radius 1 is 1.33 bits per heavy atom. The van der Waals surface area contributed by atoms with Crippen LogP contribution in [0.5, 0.6) is 0 Å². The molecule has 1 aliphatic heterocycles. The Kier molecular flexibility index (Phi) is 6.21. The predicted molar refractivity (Wildman–Crippen MR) is 88.7 cm³/mol. The van der Waals surface area contributed by atoms with Gasteiger partial charge >= 0.3 is 0 Å². The van der Waals surface area contributed by atoms with Gasteiger partial charge in [0.2, 0.25) is 0 Å². The highest BCUT2D eigenvalue weighted by Gasteiger charge is 2.43. The molecule has 0 amide bonds. The summed E-state index contributed by atoms with van der Waals surface area (Å²) in [5, 5.41) is 3.50. The van der Waals surface area contributed by atoms with Gasteiger partial charge in [0.1, 0.15) is 0 Å². The Bertz CT molecular complexity index is 285. The Hall–Kier alpha value is 0. The van der Waals surface area contributed by atoms with Crippen molar-refractivity contribution in [3.8, 4) is 0 Å². The summed E-state index contributed by atoms with van der Waals surface area (Å²) in [7, 11) is 1.91. The van der Waals surface area contributed by atoms with E-state index in [0.29, 0.717) is 5.41 Å². The van der Waals surface area contributed by atoms with Crippen molar-refractivity contribution in [2.24, 2.45) is 16.3 Å². The molecule has 0 unspecified atom stereocenters. The summed E-state index contributed by atoms with van der Waals surface area (Å²) in [5.74, 6) is 1.88. The number of hydrogen-bond acceptors (Lipinski definition) is 1. The molecule has 106 valence electrons. The Balaban J connectivity index is 0.00000162. The van der Waals surface area contributed by atoms with Gasteiger partial charge in [-0.25, -0.2) is 0 Å². The minimum absolute atomic E-state index is 0. The second kappa shape index (κ2) is 6.96. The van der Waals surface area contributed by atoms with Crippen LogP contribution in [0, 0.1) is 11.3 Å². The number of hydrogen-bond donors (Lipinski definition) is 1. The third kappa shape index (κ3) is 3.75. The van der Waals surface area contributed by atoms with Crippen molar-refractivity contribution in [2.45, 2.75) is 46.0 Å². The SMILES string of the molecule is CN=C(NCCC(C)C)N1CCC2(CCC2)C1.I. The van der Waals surface area contributed by atoms with Gasteiger partial charge in [-0.05, 0) is 37.0 Å². The Morgan fingerprint density at radius 2 is 2.06 bits per heavy atom. The zero-order valence-corrected chi connectivity index (χ0v) is 14.4. The summed E-state index contributed by atoms with van der Waals surface area (Å²) in [6, 6.07) is 0. The smallest absolute Gasteiger partial charge is 0.193 e. The lowest BCUT2D eigenvalue weighted by molar-refractivity contribution is 0.151. The van der Waals surface area contributed by atoms with Crippen LogP contribution >= 0.6 is 24.0 Å². The van der Waals surface area contributed by atoms with E-state index in [4.69, 9.17) is 0 Å². The third-order valence-corrected chi connectivity index (χ3v) is 4.37. The second-order valence-corrected chi connectivity index (χ2v) is 6.18. The normalized spacial score (nSPS) is 22.0. The molecule has 0 bridgehead atoms. The highest BCUT2D eigenvalue weighted by atomic mass is 127. The third-order valence-electron chi connectivity index (χ3n) is 4.37. The fourth-order valence-corrected chi connectivity index (χ4v) is 3.01. The van der Waals surface area contributed by atoms with E-state index in [1.807, 2.05) is 7.05 Å². The standard InChI is InChI=1S/C14H27N3.HI/c1-12(2)5-9-16-13(15-3)17-10-8-14(11-17)6-4-7-14;/h12H,4-11H2,1-3H3,(H,15,16);1H. The summed E-state index contributed by atoms with van der Waals surface area (Å²) in [6.07, 6.45) is 6.90. The summed E-state index contributed by atoms with van der Waals surface area (Å²) < 4.78 is 0. The molecule has 1 spiro atoms. The van der Waals surface area contributed by atoms with Crippen LogP contribution in [-0.4, -0.2) is 37.5 Å². The van der Waals surface area contributed by atoms with Gasteiger partial charge in [0.05, 0.1) is 0 Å². The second-order valence-electron chi connectivity index (χ2n) is 6.18. The van der Waals surface area contributed by atoms with Crippen LogP contribution in [0.2, 0.25) is 0 Å². The van der Waals surface area contributed by atoms with Gasteiger partial charge in [-0.15, -0.1) is 24.0 Å². The van der Waals surface area contributed by atoms with Crippen molar-refractivity contribution in [2.75, 3.05) is 26.7 Å². The lowest BCUT2D eigenvalue weighted by atomic mass is 9.68. The minimum Gasteiger partial charge on any atom is -0.356 e. The highest BCUT2D eigenvalue weighted by Crippen LogP contribution is 2.47. The summed E-state index contributed by atoms with van der Waals surface area (Å²) in [4.78, 5) is 6.88. The largest absolute Gasteiger partial charge is 0.356 e. The molecule has 18 heavy (non-hydrogen) atoms. The molecule has 0 atom stereocenters. The van der Waals surface area contributed by atoms with Crippen LogP contribution in [-0.2, 0) is 0 Å². The van der Waals surface area contributed by atoms with Crippen molar-refractivity contribution in [1.82, 2.24) is 10.2 Å². The number of nitrogens with zero attached hydrogens (tertiary/aromatic N) is 2. The molecular weight excluding hydrogens is 337 g/mol. The van der Waals surface area contributed by atoms with Gasteiger partial charge in [-0.1, -0.05) is 20.3 Å². The first-order valence-corrected chi connectivity index (χ1v) is 7.11. The molecule has 0 aromatic carbocycles. The topological polar surface area (TPSA) is 27.6 Å². The molecule has 1 aliphatic carbocycles. The van der Waals surface area contributed by atoms with Gasteiger partial charge in [0.25, 0.3) is 0 Å². The molecule has 2 fully saturated rings. The molecule has 1 saturated carbocycles. The number of aliphatic imine (C=N–C) groups is 1.